The van der Waals surface area contributed by atoms with Crippen LogP contribution in [-0.4, -0.2) is 30.6 Å². The van der Waals surface area contributed by atoms with E-state index in [4.69, 9.17) is 16.3 Å². The van der Waals surface area contributed by atoms with Gasteiger partial charge in [0.15, 0.2) is 6.61 Å². The predicted molar refractivity (Wildman–Crippen MR) is 98.7 cm³/mol. The lowest BCUT2D eigenvalue weighted by molar-refractivity contribution is -0.158. The number of hydrogen-bond donors (Lipinski definition) is 1. The molecule has 2 aromatic carbocycles. The first kappa shape index (κ1) is 20.0. The molecular weight excluding hydrogens is 397 g/mol. The Morgan fingerprint density at radius 1 is 1.29 bits per heavy atom. The number of alkyl halides is 3. The van der Waals surface area contributed by atoms with E-state index in [9.17, 15) is 22.8 Å². The minimum Gasteiger partial charge on any atom is -0.484 e. The van der Waals surface area contributed by atoms with E-state index in [1.807, 2.05) is 0 Å². The Bertz CT molecular complexity index is 918. The van der Waals surface area contributed by atoms with Crippen molar-refractivity contribution >= 4 is 34.8 Å². The summed E-state index contributed by atoms with van der Waals surface area (Å²) in [6.45, 7) is 1.11. The van der Waals surface area contributed by atoms with Crippen molar-refractivity contribution in [2.24, 2.45) is 0 Å². The van der Waals surface area contributed by atoms with Crippen LogP contribution in [-0.2, 0) is 9.59 Å². The van der Waals surface area contributed by atoms with Crippen molar-refractivity contribution in [2.75, 3.05) is 16.8 Å². The molecule has 5 nitrogen and oxygen atoms in total. The number of carbonyl (C=O) groups is 2. The van der Waals surface area contributed by atoms with E-state index in [2.05, 4.69) is 5.32 Å². The smallest absolute Gasteiger partial charge is 0.409 e. The van der Waals surface area contributed by atoms with Crippen LogP contribution >= 0.6 is 11.6 Å². The molecule has 1 aliphatic rings. The molecule has 0 radical (unpaired) electrons. The van der Waals surface area contributed by atoms with Gasteiger partial charge in [0, 0.05) is 5.02 Å². The maximum atomic E-state index is 13.6. The number of nitrogens with zero attached hydrogens (tertiary/aromatic N) is 1. The van der Waals surface area contributed by atoms with Crippen molar-refractivity contribution in [3.8, 4) is 5.75 Å². The van der Waals surface area contributed by atoms with Gasteiger partial charge in [-0.3, -0.25) is 14.5 Å². The molecule has 1 aliphatic heterocycles. The average molecular weight is 413 g/mol. The van der Waals surface area contributed by atoms with Crippen molar-refractivity contribution < 1.29 is 27.5 Å². The first-order chi connectivity index (χ1) is 13.2. The van der Waals surface area contributed by atoms with Gasteiger partial charge in [-0.05, 0) is 42.8 Å². The van der Waals surface area contributed by atoms with Crippen molar-refractivity contribution in [1.82, 2.24) is 0 Å². The first-order valence-corrected chi connectivity index (χ1v) is 8.71. The lowest BCUT2D eigenvalue weighted by atomic mass is 10.1. The summed E-state index contributed by atoms with van der Waals surface area (Å²) in [4.78, 5) is 25.2. The zero-order valence-corrected chi connectivity index (χ0v) is 15.5. The number of ether oxygens (including phenoxy) is 1. The van der Waals surface area contributed by atoms with Crippen LogP contribution in [0.4, 0.5) is 24.5 Å². The SMILES string of the molecule is Cc1cc(OCC(=O)N2c3ccccc3NC(=O)CC2C(F)(F)F)ccc1Cl. The van der Waals surface area contributed by atoms with Crippen molar-refractivity contribution in [2.45, 2.75) is 25.6 Å². The van der Waals surface area contributed by atoms with Gasteiger partial charge < -0.3 is 10.1 Å². The molecule has 0 saturated heterocycles. The van der Waals surface area contributed by atoms with Gasteiger partial charge in [0.25, 0.3) is 5.91 Å². The third-order valence-electron chi connectivity index (χ3n) is 4.27. The number of fused-ring (bicyclic) bond motifs is 1. The second kappa shape index (κ2) is 7.71. The van der Waals surface area contributed by atoms with Crippen LogP contribution in [0.2, 0.25) is 5.02 Å². The Balaban J connectivity index is 1.91. The number of benzene rings is 2. The van der Waals surface area contributed by atoms with Gasteiger partial charge in [0.05, 0.1) is 17.8 Å². The zero-order valence-electron chi connectivity index (χ0n) is 14.7. The summed E-state index contributed by atoms with van der Waals surface area (Å²) in [5, 5.41) is 2.91. The summed E-state index contributed by atoms with van der Waals surface area (Å²) in [6, 6.07) is 8.22. The fraction of sp³-hybridized carbons (Fsp3) is 0.263. The molecule has 0 aromatic heterocycles. The van der Waals surface area contributed by atoms with Crippen LogP contribution in [0.1, 0.15) is 12.0 Å². The van der Waals surface area contributed by atoms with Crippen LogP contribution in [0.3, 0.4) is 0 Å². The quantitative estimate of drug-likeness (QED) is 0.816. The van der Waals surface area contributed by atoms with E-state index in [-0.39, 0.29) is 11.4 Å². The maximum Gasteiger partial charge on any atom is 0.409 e. The van der Waals surface area contributed by atoms with Crippen LogP contribution in [0.5, 0.6) is 5.75 Å². The molecule has 3 rings (SSSR count). The van der Waals surface area contributed by atoms with E-state index >= 15 is 0 Å². The number of nitrogens with one attached hydrogen (secondary N) is 1. The molecule has 2 aromatic rings. The minimum absolute atomic E-state index is 0.0310. The second-order valence-corrected chi connectivity index (χ2v) is 6.70. The van der Waals surface area contributed by atoms with Gasteiger partial charge in [-0.15, -0.1) is 0 Å². The molecule has 0 bridgehead atoms. The zero-order chi connectivity index (χ0) is 20.5. The van der Waals surface area contributed by atoms with E-state index in [1.165, 1.54) is 24.3 Å². The molecule has 0 saturated carbocycles. The molecule has 0 aliphatic carbocycles. The number of rotatable bonds is 3. The fourth-order valence-electron chi connectivity index (χ4n) is 2.92. The Kier molecular flexibility index (Phi) is 5.51. The number of amides is 2. The summed E-state index contributed by atoms with van der Waals surface area (Å²) < 4.78 is 46.3. The molecule has 0 spiro atoms. The van der Waals surface area contributed by atoms with Crippen LogP contribution < -0.4 is 15.0 Å². The van der Waals surface area contributed by atoms with E-state index < -0.39 is 37.1 Å². The highest BCUT2D eigenvalue weighted by atomic mass is 35.5. The van der Waals surface area contributed by atoms with Crippen LogP contribution in [0.25, 0.3) is 0 Å². The number of carbonyl (C=O) groups excluding carboxylic acids is 2. The highest BCUT2D eigenvalue weighted by molar-refractivity contribution is 6.31. The monoisotopic (exact) mass is 412 g/mol. The van der Waals surface area contributed by atoms with E-state index in [0.717, 1.165) is 0 Å². The highest BCUT2D eigenvalue weighted by Gasteiger charge is 2.49. The molecule has 148 valence electrons. The van der Waals surface area contributed by atoms with Crippen LogP contribution in [0.15, 0.2) is 42.5 Å². The predicted octanol–water partition coefficient (Wildman–Crippen LogP) is 4.33. The Morgan fingerprint density at radius 2 is 2.00 bits per heavy atom. The number of hydrogen-bond acceptors (Lipinski definition) is 3. The molecule has 1 unspecified atom stereocenters. The summed E-state index contributed by atoms with van der Waals surface area (Å²) in [5.74, 6) is -1.44. The minimum atomic E-state index is -4.79. The lowest BCUT2D eigenvalue weighted by Crippen LogP contribution is -2.51. The van der Waals surface area contributed by atoms with Gasteiger partial charge in [-0.1, -0.05) is 23.7 Å². The molecule has 2 amide bonds. The Hall–Kier alpha value is -2.74. The van der Waals surface area contributed by atoms with Crippen molar-refractivity contribution in [3.05, 3.63) is 53.1 Å². The molecule has 0 fully saturated rings. The van der Waals surface area contributed by atoms with E-state index in [0.29, 0.717) is 21.2 Å². The fourth-order valence-corrected chi connectivity index (χ4v) is 3.03. The first-order valence-electron chi connectivity index (χ1n) is 8.33. The molecule has 9 heteroatoms. The standard InChI is InChI=1S/C19H16ClF3N2O3/c1-11-8-12(6-7-13(11)20)28-10-18(27)25-15-5-3-2-4-14(15)24-17(26)9-16(25)19(21,22)23/h2-8,16H,9-10H2,1H3,(H,24,26). The highest BCUT2D eigenvalue weighted by Crippen LogP contribution is 2.37. The van der Waals surface area contributed by atoms with Gasteiger partial charge in [-0.2, -0.15) is 13.2 Å². The summed E-state index contributed by atoms with van der Waals surface area (Å²) in [7, 11) is 0. The average Bonchev–Trinajstić information content (AvgIpc) is 2.78. The number of anilines is 2. The molecule has 1 heterocycles. The summed E-state index contributed by atoms with van der Waals surface area (Å²) >= 11 is 5.93. The Labute approximate surface area is 164 Å². The van der Waals surface area contributed by atoms with Gasteiger partial charge in [0.1, 0.15) is 11.8 Å². The maximum absolute atomic E-state index is 13.6. The third-order valence-corrected chi connectivity index (χ3v) is 4.69. The summed E-state index contributed by atoms with van der Waals surface area (Å²) in [6.07, 6.45) is -5.69. The molecule has 1 atom stereocenters. The van der Waals surface area contributed by atoms with Crippen molar-refractivity contribution in [1.29, 1.82) is 0 Å². The number of halogens is 4. The van der Waals surface area contributed by atoms with Gasteiger partial charge in [-0.25, -0.2) is 0 Å². The second-order valence-electron chi connectivity index (χ2n) is 6.29. The molecule has 28 heavy (non-hydrogen) atoms. The van der Waals surface area contributed by atoms with E-state index in [1.54, 1.807) is 25.1 Å². The largest absolute Gasteiger partial charge is 0.484 e. The number of para-hydroxylation sites is 2. The topological polar surface area (TPSA) is 58.6 Å². The lowest BCUT2D eigenvalue weighted by Gasteiger charge is -2.31. The normalized spacial score (nSPS) is 16.8. The Morgan fingerprint density at radius 3 is 2.68 bits per heavy atom. The van der Waals surface area contributed by atoms with Gasteiger partial charge in [0.2, 0.25) is 5.91 Å². The number of aryl methyl sites for hydroxylation is 1. The third kappa shape index (κ3) is 4.22. The summed E-state index contributed by atoms with van der Waals surface area (Å²) in [5.41, 5.74) is 0.807. The van der Waals surface area contributed by atoms with Crippen molar-refractivity contribution in [3.63, 3.8) is 0 Å². The van der Waals surface area contributed by atoms with Crippen LogP contribution in [0, 0.1) is 6.92 Å². The molecular formula is C19H16ClF3N2O3. The van der Waals surface area contributed by atoms with Gasteiger partial charge >= 0.3 is 6.18 Å². The molecule has 1 N–H and O–H groups in total.